The van der Waals surface area contributed by atoms with Gasteiger partial charge < -0.3 is 14.8 Å². The highest BCUT2D eigenvalue weighted by Crippen LogP contribution is 2.26. The predicted molar refractivity (Wildman–Crippen MR) is 109 cm³/mol. The van der Waals surface area contributed by atoms with Crippen molar-refractivity contribution >= 4 is 27.7 Å². The van der Waals surface area contributed by atoms with Gasteiger partial charge in [0.2, 0.25) is 15.9 Å². The Balaban J connectivity index is 2.21. The standard InChI is InChI=1S/C20H24N2O5S/c1-14(2)27-17-8-6-5-7-16(17)22-20(23)12-10-15-9-11-18(26-4)19(13-15)28(24,25)21-3/h5-14,21H,1-4H3,(H,22,23)/b12-10+. The van der Waals surface area contributed by atoms with Crippen LogP contribution in [-0.2, 0) is 14.8 Å². The summed E-state index contributed by atoms with van der Waals surface area (Å²) < 4.78 is 37.3. The van der Waals surface area contributed by atoms with E-state index in [9.17, 15) is 13.2 Å². The number of rotatable bonds is 8. The van der Waals surface area contributed by atoms with Gasteiger partial charge in [-0.05, 0) is 56.8 Å². The fraction of sp³-hybridized carbons (Fsp3) is 0.250. The van der Waals surface area contributed by atoms with Crippen molar-refractivity contribution in [2.45, 2.75) is 24.8 Å². The van der Waals surface area contributed by atoms with Crippen LogP contribution in [0.2, 0.25) is 0 Å². The molecule has 0 aliphatic carbocycles. The molecule has 1 amide bonds. The monoisotopic (exact) mass is 404 g/mol. The van der Waals surface area contributed by atoms with Gasteiger partial charge in [0.05, 0.1) is 18.9 Å². The van der Waals surface area contributed by atoms with Gasteiger partial charge in [0, 0.05) is 6.08 Å². The van der Waals surface area contributed by atoms with Gasteiger partial charge in [-0.25, -0.2) is 13.1 Å². The SMILES string of the molecule is CNS(=O)(=O)c1cc(/C=C/C(=O)Nc2ccccc2OC(C)C)ccc1OC. The quantitative estimate of drug-likeness (QED) is 0.660. The molecule has 0 saturated heterocycles. The average Bonchev–Trinajstić information content (AvgIpc) is 2.67. The number of ether oxygens (including phenoxy) is 2. The molecule has 0 aromatic heterocycles. The molecule has 0 fully saturated rings. The molecule has 2 aromatic carbocycles. The molecule has 0 aliphatic rings. The van der Waals surface area contributed by atoms with Crippen LogP contribution in [0, 0.1) is 0 Å². The molecule has 0 radical (unpaired) electrons. The molecule has 0 spiro atoms. The van der Waals surface area contributed by atoms with Crippen LogP contribution in [0.5, 0.6) is 11.5 Å². The minimum atomic E-state index is -3.69. The number of nitrogens with one attached hydrogen (secondary N) is 2. The minimum Gasteiger partial charge on any atom is -0.495 e. The first-order chi connectivity index (χ1) is 13.3. The zero-order chi connectivity index (χ0) is 20.7. The zero-order valence-electron chi connectivity index (χ0n) is 16.2. The Morgan fingerprint density at radius 3 is 2.46 bits per heavy atom. The van der Waals surface area contributed by atoms with Gasteiger partial charge in [-0.15, -0.1) is 0 Å². The van der Waals surface area contributed by atoms with Gasteiger partial charge in [0.1, 0.15) is 16.4 Å². The molecule has 0 atom stereocenters. The van der Waals surface area contributed by atoms with Gasteiger partial charge in [0.25, 0.3) is 0 Å². The summed E-state index contributed by atoms with van der Waals surface area (Å²) in [5.41, 5.74) is 1.09. The van der Waals surface area contributed by atoms with Crippen LogP contribution in [0.4, 0.5) is 5.69 Å². The maximum atomic E-state index is 12.3. The molecule has 0 heterocycles. The number of carbonyl (C=O) groups excluding carboxylic acids is 1. The second-order valence-electron chi connectivity index (χ2n) is 6.10. The summed E-state index contributed by atoms with van der Waals surface area (Å²) in [5.74, 6) is 0.426. The van der Waals surface area contributed by atoms with Gasteiger partial charge >= 0.3 is 0 Å². The van der Waals surface area contributed by atoms with Crippen LogP contribution in [0.3, 0.4) is 0 Å². The first-order valence-electron chi connectivity index (χ1n) is 8.63. The number of hydrogen-bond donors (Lipinski definition) is 2. The largest absolute Gasteiger partial charge is 0.495 e. The van der Waals surface area contributed by atoms with E-state index >= 15 is 0 Å². The maximum absolute atomic E-state index is 12.3. The molecule has 0 bridgehead atoms. The van der Waals surface area contributed by atoms with Crippen molar-refractivity contribution in [1.29, 1.82) is 0 Å². The summed E-state index contributed by atoms with van der Waals surface area (Å²) in [6.07, 6.45) is 2.82. The Bertz CT molecular complexity index is 968. The topological polar surface area (TPSA) is 93.7 Å². The van der Waals surface area contributed by atoms with Crippen LogP contribution < -0.4 is 19.5 Å². The van der Waals surface area contributed by atoms with Gasteiger partial charge in [-0.3, -0.25) is 4.79 Å². The number of sulfonamides is 1. The van der Waals surface area contributed by atoms with E-state index in [0.717, 1.165) is 0 Å². The van der Waals surface area contributed by atoms with Crippen molar-refractivity contribution in [2.24, 2.45) is 0 Å². The van der Waals surface area contributed by atoms with Gasteiger partial charge in [0.15, 0.2) is 0 Å². The van der Waals surface area contributed by atoms with E-state index in [4.69, 9.17) is 9.47 Å². The molecule has 8 heteroatoms. The lowest BCUT2D eigenvalue weighted by Gasteiger charge is -2.14. The van der Waals surface area contributed by atoms with Crippen LogP contribution >= 0.6 is 0 Å². The first-order valence-corrected chi connectivity index (χ1v) is 10.1. The molecule has 2 rings (SSSR count). The number of methoxy groups -OCH3 is 1. The highest BCUT2D eigenvalue weighted by molar-refractivity contribution is 7.89. The molecule has 0 unspecified atom stereocenters. The summed E-state index contributed by atoms with van der Waals surface area (Å²) in [6, 6.07) is 11.8. The number of benzene rings is 2. The van der Waals surface area contributed by atoms with Crippen molar-refractivity contribution in [3.8, 4) is 11.5 Å². The molecule has 7 nitrogen and oxygen atoms in total. The number of amides is 1. The summed E-state index contributed by atoms with van der Waals surface area (Å²) in [7, 11) is -0.980. The van der Waals surface area contributed by atoms with Crippen LogP contribution in [-0.4, -0.2) is 34.6 Å². The van der Waals surface area contributed by atoms with Gasteiger partial charge in [-0.2, -0.15) is 0 Å². The third-order valence-corrected chi connectivity index (χ3v) is 5.12. The van der Waals surface area contributed by atoms with Crippen LogP contribution in [0.1, 0.15) is 19.4 Å². The normalized spacial score (nSPS) is 11.6. The smallest absolute Gasteiger partial charge is 0.248 e. The summed E-state index contributed by atoms with van der Waals surface area (Å²) >= 11 is 0. The molecule has 0 aliphatic heterocycles. The summed E-state index contributed by atoms with van der Waals surface area (Å²) in [4.78, 5) is 12.3. The highest BCUT2D eigenvalue weighted by Gasteiger charge is 2.17. The molecule has 2 aromatic rings. The Morgan fingerprint density at radius 2 is 1.82 bits per heavy atom. The Kier molecular flexibility index (Phi) is 7.19. The maximum Gasteiger partial charge on any atom is 0.248 e. The molecule has 0 saturated carbocycles. The Morgan fingerprint density at radius 1 is 1.11 bits per heavy atom. The number of hydrogen-bond acceptors (Lipinski definition) is 5. The average molecular weight is 404 g/mol. The lowest BCUT2D eigenvalue weighted by molar-refractivity contribution is -0.111. The van der Waals surface area contributed by atoms with E-state index in [1.54, 1.807) is 24.3 Å². The lowest BCUT2D eigenvalue weighted by atomic mass is 10.2. The third kappa shape index (κ3) is 5.58. The third-order valence-electron chi connectivity index (χ3n) is 3.68. The predicted octanol–water partition coefficient (Wildman–Crippen LogP) is 3.04. The summed E-state index contributed by atoms with van der Waals surface area (Å²) in [5, 5.41) is 2.76. The van der Waals surface area contributed by atoms with Crippen molar-refractivity contribution in [2.75, 3.05) is 19.5 Å². The van der Waals surface area contributed by atoms with E-state index < -0.39 is 10.0 Å². The highest BCUT2D eigenvalue weighted by atomic mass is 32.2. The molecule has 28 heavy (non-hydrogen) atoms. The Labute approximate surface area is 165 Å². The lowest BCUT2D eigenvalue weighted by Crippen LogP contribution is -2.19. The van der Waals surface area contributed by atoms with E-state index in [1.165, 1.54) is 38.4 Å². The fourth-order valence-corrected chi connectivity index (χ4v) is 3.32. The molecule has 150 valence electrons. The minimum absolute atomic E-state index is 0.00395. The molecular formula is C20H24N2O5S. The first kappa shape index (κ1) is 21.5. The van der Waals surface area contributed by atoms with Crippen molar-refractivity contribution < 1.29 is 22.7 Å². The summed E-state index contributed by atoms with van der Waals surface area (Å²) in [6.45, 7) is 3.80. The van der Waals surface area contributed by atoms with Gasteiger partial charge in [-0.1, -0.05) is 18.2 Å². The van der Waals surface area contributed by atoms with Crippen molar-refractivity contribution in [1.82, 2.24) is 4.72 Å². The second-order valence-corrected chi connectivity index (χ2v) is 7.96. The van der Waals surface area contributed by atoms with Crippen LogP contribution in [0.15, 0.2) is 53.4 Å². The zero-order valence-corrected chi connectivity index (χ0v) is 17.0. The number of anilines is 1. The van der Waals surface area contributed by atoms with E-state index in [1.807, 2.05) is 19.9 Å². The number of carbonyl (C=O) groups is 1. The van der Waals surface area contributed by atoms with Crippen molar-refractivity contribution in [3.63, 3.8) is 0 Å². The van der Waals surface area contributed by atoms with E-state index in [-0.39, 0.29) is 22.7 Å². The van der Waals surface area contributed by atoms with E-state index in [2.05, 4.69) is 10.0 Å². The fourth-order valence-electron chi connectivity index (χ4n) is 2.39. The van der Waals surface area contributed by atoms with Crippen molar-refractivity contribution in [3.05, 3.63) is 54.1 Å². The Hall–Kier alpha value is -2.84. The second kappa shape index (κ2) is 9.38. The molecule has 2 N–H and O–H groups in total. The van der Waals surface area contributed by atoms with Crippen LogP contribution in [0.25, 0.3) is 6.08 Å². The van der Waals surface area contributed by atoms with E-state index in [0.29, 0.717) is 17.0 Å². The molecular weight excluding hydrogens is 380 g/mol. The number of para-hydroxylation sites is 2.